The van der Waals surface area contributed by atoms with E-state index in [4.69, 9.17) is 4.74 Å². The molecule has 28 heavy (non-hydrogen) atoms. The van der Waals surface area contributed by atoms with Crippen molar-refractivity contribution in [2.75, 3.05) is 45.2 Å². The molecule has 2 aromatic rings. The van der Waals surface area contributed by atoms with Crippen LogP contribution in [0.4, 0.5) is 5.69 Å². The Morgan fingerprint density at radius 3 is 2.54 bits per heavy atom. The largest absolute Gasteiger partial charge is 0.497 e. The lowest BCUT2D eigenvalue weighted by molar-refractivity contribution is -0.123. The van der Waals surface area contributed by atoms with E-state index in [0.717, 1.165) is 5.69 Å². The van der Waals surface area contributed by atoms with E-state index in [0.29, 0.717) is 31.8 Å². The first-order chi connectivity index (χ1) is 13.4. The number of ether oxygens (including phenoxy) is 1. The van der Waals surface area contributed by atoms with Crippen LogP contribution in [0.15, 0.2) is 46.0 Å². The average molecular weight is 422 g/mol. The fourth-order valence-corrected chi connectivity index (χ4v) is 6.13. The molecular weight excluding hydrogens is 398 g/mol. The van der Waals surface area contributed by atoms with Crippen LogP contribution in [-0.2, 0) is 14.8 Å². The van der Waals surface area contributed by atoms with Gasteiger partial charge in [-0.05, 0) is 49.2 Å². The van der Waals surface area contributed by atoms with Crippen molar-refractivity contribution in [3.05, 3.63) is 41.1 Å². The second-order valence-corrected chi connectivity index (χ2v) is 10.0. The van der Waals surface area contributed by atoms with Crippen molar-refractivity contribution in [2.45, 2.75) is 16.9 Å². The van der Waals surface area contributed by atoms with E-state index in [1.54, 1.807) is 47.6 Å². The number of anilines is 1. The average Bonchev–Trinajstić information content (AvgIpc) is 3.36. The van der Waals surface area contributed by atoms with Crippen molar-refractivity contribution in [2.24, 2.45) is 0 Å². The fraction of sp³-hybridized carbons (Fsp3) is 0.421. The summed E-state index contributed by atoms with van der Waals surface area (Å²) >= 11 is 1.55. The Labute approximate surface area is 169 Å². The molecule has 2 fully saturated rings. The summed E-state index contributed by atoms with van der Waals surface area (Å²) in [6.07, 6.45) is 0.687. The Balaban J connectivity index is 1.58. The van der Waals surface area contributed by atoms with Gasteiger partial charge >= 0.3 is 0 Å². The number of sulfonamides is 1. The summed E-state index contributed by atoms with van der Waals surface area (Å²) in [5, 5.41) is 3.90. The maximum Gasteiger partial charge on any atom is 0.243 e. The first kappa shape index (κ1) is 19.4. The first-order valence-corrected chi connectivity index (χ1v) is 11.4. The number of likely N-dealkylation sites (N-methyl/N-ethyl adjacent to an activating group) is 1. The predicted octanol–water partition coefficient (Wildman–Crippen LogP) is 1.87. The zero-order chi connectivity index (χ0) is 19.9. The number of carbonyl (C=O) groups excluding carboxylic acids is 1. The smallest absolute Gasteiger partial charge is 0.243 e. The highest BCUT2D eigenvalue weighted by atomic mass is 32.2. The summed E-state index contributed by atoms with van der Waals surface area (Å²) in [5.41, 5.74) is 0.508. The molecule has 0 N–H and O–H groups in total. The van der Waals surface area contributed by atoms with Crippen LogP contribution >= 0.6 is 11.3 Å². The predicted molar refractivity (Wildman–Crippen MR) is 108 cm³/mol. The molecule has 2 saturated heterocycles. The van der Waals surface area contributed by atoms with Gasteiger partial charge in [-0.15, -0.1) is 0 Å². The normalized spacial score (nSPS) is 24.2. The Kier molecular flexibility index (Phi) is 4.95. The summed E-state index contributed by atoms with van der Waals surface area (Å²) in [4.78, 5) is 16.6. The first-order valence-electron chi connectivity index (χ1n) is 9.04. The van der Waals surface area contributed by atoms with E-state index in [2.05, 4.69) is 0 Å². The number of amides is 1. The number of carbonyl (C=O) groups is 1. The molecule has 0 saturated carbocycles. The van der Waals surface area contributed by atoms with E-state index < -0.39 is 10.0 Å². The van der Waals surface area contributed by atoms with Crippen LogP contribution in [0.2, 0.25) is 0 Å². The van der Waals surface area contributed by atoms with Crippen molar-refractivity contribution >= 4 is 33.0 Å². The SMILES string of the molecule is COc1ccc(S(=O)(=O)N2CC[C@@]3(CN(c4ccsc4)C(=O)CN3C)C2)cc1. The Morgan fingerprint density at radius 2 is 1.89 bits per heavy atom. The molecule has 9 heteroatoms. The number of hydrogen-bond donors (Lipinski definition) is 0. The van der Waals surface area contributed by atoms with E-state index in [1.165, 1.54) is 4.31 Å². The van der Waals surface area contributed by atoms with E-state index in [9.17, 15) is 13.2 Å². The molecule has 0 unspecified atom stereocenters. The minimum absolute atomic E-state index is 0.0444. The lowest BCUT2D eigenvalue weighted by Gasteiger charge is -2.46. The van der Waals surface area contributed by atoms with Crippen LogP contribution in [0.3, 0.4) is 0 Å². The molecule has 2 aliphatic rings. The molecule has 150 valence electrons. The molecular formula is C19H23N3O4S2. The number of thiophene rings is 1. The van der Waals surface area contributed by atoms with Crippen molar-refractivity contribution in [1.29, 1.82) is 0 Å². The number of rotatable bonds is 4. The summed E-state index contributed by atoms with van der Waals surface area (Å²) in [7, 11) is -0.140. The van der Waals surface area contributed by atoms with Crippen molar-refractivity contribution in [3.63, 3.8) is 0 Å². The molecule has 3 heterocycles. The van der Waals surface area contributed by atoms with Gasteiger partial charge in [-0.2, -0.15) is 15.6 Å². The molecule has 1 amide bonds. The highest BCUT2D eigenvalue weighted by Gasteiger charge is 2.50. The number of methoxy groups -OCH3 is 1. The van der Waals surface area contributed by atoms with Crippen LogP contribution in [0.1, 0.15) is 6.42 Å². The summed E-state index contributed by atoms with van der Waals surface area (Å²) in [6, 6.07) is 8.39. The molecule has 0 aliphatic carbocycles. The number of piperazine rings is 1. The monoisotopic (exact) mass is 421 g/mol. The van der Waals surface area contributed by atoms with Gasteiger partial charge in [0, 0.05) is 25.0 Å². The fourth-order valence-electron chi connectivity index (χ4n) is 3.97. The topological polar surface area (TPSA) is 70.2 Å². The van der Waals surface area contributed by atoms with Gasteiger partial charge < -0.3 is 9.64 Å². The molecule has 7 nitrogen and oxygen atoms in total. The lowest BCUT2D eigenvalue weighted by atomic mass is 9.93. The minimum Gasteiger partial charge on any atom is -0.497 e. The van der Waals surface area contributed by atoms with Crippen molar-refractivity contribution in [3.8, 4) is 5.75 Å². The molecule has 0 bridgehead atoms. The second kappa shape index (κ2) is 7.14. The van der Waals surface area contributed by atoms with E-state index in [-0.39, 0.29) is 22.9 Å². The summed E-state index contributed by atoms with van der Waals surface area (Å²) in [5.74, 6) is 0.664. The Hall–Kier alpha value is -1.94. The maximum atomic E-state index is 13.1. The van der Waals surface area contributed by atoms with Crippen molar-refractivity contribution < 1.29 is 17.9 Å². The number of hydrogen-bond acceptors (Lipinski definition) is 6. The molecule has 1 aromatic carbocycles. The van der Waals surface area contributed by atoms with Gasteiger partial charge in [0.05, 0.1) is 29.8 Å². The molecule has 1 aromatic heterocycles. The minimum atomic E-state index is -3.60. The van der Waals surface area contributed by atoms with Crippen LogP contribution in [0.25, 0.3) is 0 Å². The van der Waals surface area contributed by atoms with E-state index >= 15 is 0 Å². The van der Waals surface area contributed by atoms with E-state index in [1.807, 2.05) is 28.8 Å². The van der Waals surface area contributed by atoms with Crippen molar-refractivity contribution in [1.82, 2.24) is 9.21 Å². The highest BCUT2D eigenvalue weighted by molar-refractivity contribution is 7.89. The third-order valence-corrected chi connectivity index (χ3v) is 8.28. The summed E-state index contributed by atoms with van der Waals surface area (Å²) in [6.45, 7) is 1.58. The molecule has 0 radical (unpaired) electrons. The van der Waals surface area contributed by atoms with Gasteiger partial charge in [0.15, 0.2) is 0 Å². The molecule has 4 rings (SSSR count). The van der Waals surface area contributed by atoms with Gasteiger partial charge in [-0.1, -0.05) is 0 Å². The van der Waals surface area contributed by atoms with Gasteiger partial charge in [0.2, 0.25) is 15.9 Å². The molecule has 2 aliphatic heterocycles. The third-order valence-electron chi connectivity index (χ3n) is 5.75. The van der Waals surface area contributed by atoms with Gasteiger partial charge in [0.25, 0.3) is 0 Å². The van der Waals surface area contributed by atoms with Crippen LogP contribution in [-0.4, -0.2) is 69.4 Å². The van der Waals surface area contributed by atoms with Gasteiger partial charge in [-0.25, -0.2) is 8.42 Å². The molecule has 1 atom stereocenters. The second-order valence-electron chi connectivity index (χ2n) is 7.31. The van der Waals surface area contributed by atoms with Crippen LogP contribution in [0.5, 0.6) is 5.75 Å². The zero-order valence-corrected chi connectivity index (χ0v) is 17.5. The standard InChI is InChI=1S/C19H23N3O4S2/c1-20-11-18(23)22(15-7-10-27-12-15)14-19(20)8-9-21(13-19)28(24,25)17-5-3-16(26-2)4-6-17/h3-7,10,12H,8-9,11,13-14H2,1-2H3/t19-/m0/s1. The third kappa shape index (κ3) is 3.22. The Bertz CT molecular complexity index is 960. The number of nitrogens with zero attached hydrogens (tertiary/aromatic N) is 3. The lowest BCUT2D eigenvalue weighted by Crippen LogP contribution is -2.64. The quantitative estimate of drug-likeness (QED) is 0.754. The maximum absolute atomic E-state index is 13.1. The highest BCUT2D eigenvalue weighted by Crippen LogP contribution is 2.36. The van der Waals surface area contributed by atoms with Crippen LogP contribution in [0, 0.1) is 0 Å². The molecule has 1 spiro atoms. The summed E-state index contributed by atoms with van der Waals surface area (Å²) < 4.78 is 32.9. The van der Waals surface area contributed by atoms with Crippen LogP contribution < -0.4 is 9.64 Å². The van der Waals surface area contributed by atoms with Gasteiger partial charge in [0.1, 0.15) is 5.75 Å². The zero-order valence-electron chi connectivity index (χ0n) is 15.9. The Morgan fingerprint density at radius 1 is 1.14 bits per heavy atom. The van der Waals surface area contributed by atoms with Gasteiger partial charge in [-0.3, -0.25) is 9.69 Å². The number of benzene rings is 1.